The Labute approximate surface area is 145 Å². The molecule has 0 radical (unpaired) electrons. The van der Waals surface area contributed by atoms with Gasteiger partial charge in [-0.25, -0.2) is 0 Å². The average molecular weight is 359 g/mol. The number of hydrogen-bond donors (Lipinski definition) is 0. The maximum absolute atomic E-state index is 5.69. The summed E-state index contributed by atoms with van der Waals surface area (Å²) >= 11 is 0. The molecule has 0 bridgehead atoms. The number of rotatable bonds is 0. The van der Waals surface area contributed by atoms with Gasteiger partial charge in [0.05, 0.1) is 0 Å². The fourth-order valence-corrected chi connectivity index (χ4v) is 3.23. The Bertz CT molecular complexity index is 706. The van der Waals surface area contributed by atoms with E-state index in [9.17, 15) is 0 Å². The van der Waals surface area contributed by atoms with Crippen LogP contribution in [0.15, 0.2) is 0 Å². The summed E-state index contributed by atoms with van der Waals surface area (Å²) in [6.07, 6.45) is 0. The lowest BCUT2D eigenvalue weighted by Crippen LogP contribution is -2.16. The number of benzene rings is 1. The molecule has 2 aliphatic heterocycles. The van der Waals surface area contributed by atoms with Crippen LogP contribution in [0.2, 0.25) is 39.3 Å². The molecule has 0 atom stereocenters. The molecule has 2 aliphatic rings. The minimum atomic E-state index is -1.54. The second kappa shape index (κ2) is 5.80. The van der Waals surface area contributed by atoms with E-state index in [1.165, 1.54) is 0 Å². The van der Waals surface area contributed by atoms with Gasteiger partial charge < -0.3 is 18.9 Å². The van der Waals surface area contributed by atoms with Crippen LogP contribution in [-0.4, -0.2) is 29.7 Å². The lowest BCUT2D eigenvalue weighted by Gasteiger charge is -2.10. The van der Waals surface area contributed by atoms with Crippen LogP contribution in [0.5, 0.6) is 23.0 Å². The molecular formula is C18H22O4Si2. The minimum Gasteiger partial charge on any atom is -0.452 e. The second-order valence-corrected chi connectivity index (χ2v) is 17.4. The van der Waals surface area contributed by atoms with Gasteiger partial charge in [0.2, 0.25) is 13.6 Å². The van der Waals surface area contributed by atoms with Crippen molar-refractivity contribution in [2.24, 2.45) is 0 Å². The van der Waals surface area contributed by atoms with Crippen LogP contribution in [0.3, 0.4) is 0 Å². The third-order valence-corrected chi connectivity index (χ3v) is 5.01. The highest BCUT2D eigenvalue weighted by molar-refractivity contribution is 6.84. The smallest absolute Gasteiger partial charge is 0.231 e. The Kier molecular flexibility index (Phi) is 4.07. The zero-order chi connectivity index (χ0) is 17.5. The van der Waals surface area contributed by atoms with E-state index in [2.05, 4.69) is 62.2 Å². The van der Waals surface area contributed by atoms with E-state index in [0.29, 0.717) is 23.0 Å². The minimum absolute atomic E-state index is 0.168. The predicted octanol–water partition coefficient (Wildman–Crippen LogP) is 3.60. The molecule has 2 heterocycles. The average Bonchev–Trinajstić information content (AvgIpc) is 3.08. The second-order valence-electron chi connectivity index (χ2n) is 7.88. The van der Waals surface area contributed by atoms with Crippen LogP contribution in [0.25, 0.3) is 0 Å². The molecule has 3 rings (SSSR count). The molecule has 24 heavy (non-hydrogen) atoms. The Morgan fingerprint density at radius 1 is 0.583 bits per heavy atom. The van der Waals surface area contributed by atoms with Gasteiger partial charge in [0.1, 0.15) is 27.3 Å². The van der Waals surface area contributed by atoms with Crippen molar-refractivity contribution < 1.29 is 18.9 Å². The molecule has 0 amide bonds. The van der Waals surface area contributed by atoms with E-state index in [1.807, 2.05) is 0 Å². The molecule has 1 aromatic rings. The van der Waals surface area contributed by atoms with E-state index in [0.717, 1.165) is 11.1 Å². The van der Waals surface area contributed by atoms with Crippen LogP contribution in [0, 0.1) is 22.9 Å². The number of hydrogen-bond acceptors (Lipinski definition) is 4. The molecule has 6 heteroatoms. The molecule has 0 N–H and O–H groups in total. The van der Waals surface area contributed by atoms with Crippen molar-refractivity contribution in [3.05, 3.63) is 11.1 Å². The molecule has 0 unspecified atom stereocenters. The molecule has 0 spiro atoms. The first-order valence-corrected chi connectivity index (χ1v) is 15.0. The normalized spacial score (nSPS) is 14.6. The van der Waals surface area contributed by atoms with Crippen molar-refractivity contribution in [1.29, 1.82) is 0 Å². The SMILES string of the molecule is C[Si](C)(C)C#Cc1c2c(c(C#C[Si](C)(C)C)c3c1OCO3)OCO2. The van der Waals surface area contributed by atoms with Crippen molar-refractivity contribution in [3.63, 3.8) is 0 Å². The summed E-state index contributed by atoms with van der Waals surface area (Å²) in [7, 11) is -3.07. The van der Waals surface area contributed by atoms with Gasteiger partial charge in [-0.2, -0.15) is 0 Å². The van der Waals surface area contributed by atoms with Gasteiger partial charge in [0, 0.05) is 0 Å². The Morgan fingerprint density at radius 3 is 1.12 bits per heavy atom. The first-order valence-electron chi connectivity index (χ1n) is 7.97. The molecule has 1 aromatic carbocycles. The highest BCUT2D eigenvalue weighted by Gasteiger charge is 2.33. The van der Waals surface area contributed by atoms with E-state index in [-0.39, 0.29) is 13.6 Å². The lowest BCUT2D eigenvalue weighted by atomic mass is 10.1. The maximum atomic E-state index is 5.69. The largest absolute Gasteiger partial charge is 0.452 e. The van der Waals surface area contributed by atoms with Gasteiger partial charge in [0.25, 0.3) is 0 Å². The third kappa shape index (κ3) is 3.40. The standard InChI is InChI=1S/C18H22O4Si2/c1-23(2,3)9-7-13-15-17(21-11-19-15)14(8-10-24(4,5)6)18-16(13)20-12-22-18/h11-12H2,1-6H3. The van der Waals surface area contributed by atoms with Crippen LogP contribution in [0.1, 0.15) is 11.1 Å². The monoisotopic (exact) mass is 358 g/mol. The molecule has 126 valence electrons. The quantitative estimate of drug-likeness (QED) is 0.524. The molecule has 4 nitrogen and oxygen atoms in total. The zero-order valence-corrected chi connectivity index (χ0v) is 17.0. The maximum Gasteiger partial charge on any atom is 0.231 e. The summed E-state index contributed by atoms with van der Waals surface area (Å²) in [5, 5.41) is 0. The van der Waals surface area contributed by atoms with Gasteiger partial charge in [-0.3, -0.25) is 0 Å². The highest BCUT2D eigenvalue weighted by Crippen LogP contribution is 2.52. The first kappa shape index (κ1) is 16.8. The predicted molar refractivity (Wildman–Crippen MR) is 99.1 cm³/mol. The Hall–Kier alpha value is -2.03. The van der Waals surface area contributed by atoms with Crippen LogP contribution < -0.4 is 18.9 Å². The third-order valence-electron chi connectivity index (χ3n) is 3.26. The molecule has 0 aliphatic carbocycles. The van der Waals surface area contributed by atoms with Gasteiger partial charge >= 0.3 is 0 Å². The lowest BCUT2D eigenvalue weighted by molar-refractivity contribution is 0.165. The molecular weight excluding hydrogens is 336 g/mol. The summed E-state index contributed by atoms with van der Waals surface area (Å²) in [5.74, 6) is 9.01. The van der Waals surface area contributed by atoms with Gasteiger partial charge in [-0.1, -0.05) is 51.1 Å². The van der Waals surface area contributed by atoms with Crippen molar-refractivity contribution in [2.45, 2.75) is 39.3 Å². The van der Waals surface area contributed by atoms with Crippen molar-refractivity contribution in [2.75, 3.05) is 13.6 Å². The number of ether oxygens (including phenoxy) is 4. The Balaban J connectivity index is 2.22. The summed E-state index contributed by atoms with van der Waals surface area (Å²) in [4.78, 5) is 0. The van der Waals surface area contributed by atoms with Crippen LogP contribution >= 0.6 is 0 Å². The van der Waals surface area contributed by atoms with Crippen molar-refractivity contribution in [1.82, 2.24) is 0 Å². The summed E-state index contributed by atoms with van der Waals surface area (Å²) in [6, 6.07) is 0. The molecule has 0 saturated heterocycles. The van der Waals surface area contributed by atoms with E-state index < -0.39 is 16.1 Å². The van der Waals surface area contributed by atoms with Crippen molar-refractivity contribution >= 4 is 16.1 Å². The van der Waals surface area contributed by atoms with Gasteiger partial charge in [-0.05, 0) is 0 Å². The highest BCUT2D eigenvalue weighted by atomic mass is 28.3. The van der Waals surface area contributed by atoms with E-state index in [4.69, 9.17) is 18.9 Å². The topological polar surface area (TPSA) is 36.9 Å². The van der Waals surface area contributed by atoms with Crippen molar-refractivity contribution in [3.8, 4) is 45.9 Å². The molecule has 0 aromatic heterocycles. The molecule has 0 saturated carbocycles. The summed E-state index contributed by atoms with van der Waals surface area (Å²) < 4.78 is 22.8. The fraction of sp³-hybridized carbons (Fsp3) is 0.444. The Morgan fingerprint density at radius 2 is 0.875 bits per heavy atom. The fourth-order valence-electron chi connectivity index (χ4n) is 2.23. The van der Waals surface area contributed by atoms with E-state index >= 15 is 0 Å². The summed E-state index contributed by atoms with van der Waals surface area (Å²) in [6.45, 7) is 13.5. The van der Waals surface area contributed by atoms with Crippen LogP contribution in [-0.2, 0) is 0 Å². The van der Waals surface area contributed by atoms with Gasteiger partial charge in [-0.15, -0.1) is 11.1 Å². The van der Waals surface area contributed by atoms with Crippen LogP contribution in [0.4, 0.5) is 0 Å². The zero-order valence-electron chi connectivity index (χ0n) is 15.0. The number of fused-ring (bicyclic) bond motifs is 2. The molecule has 0 fully saturated rings. The van der Waals surface area contributed by atoms with Gasteiger partial charge in [0.15, 0.2) is 23.0 Å². The summed E-state index contributed by atoms with van der Waals surface area (Å²) in [5.41, 5.74) is 8.16. The van der Waals surface area contributed by atoms with E-state index in [1.54, 1.807) is 0 Å². The first-order chi connectivity index (χ1) is 11.2.